The van der Waals surface area contributed by atoms with E-state index < -0.39 is 0 Å². The largest absolute Gasteiger partial charge is 0.310 e. The number of aryl methyl sites for hydroxylation is 2. The van der Waals surface area contributed by atoms with Crippen molar-refractivity contribution >= 4 is 0 Å². The van der Waals surface area contributed by atoms with E-state index >= 15 is 0 Å². The molecular weight excluding hydrogens is 230 g/mol. The summed E-state index contributed by atoms with van der Waals surface area (Å²) in [5, 5.41) is 3.59. The van der Waals surface area contributed by atoms with Gasteiger partial charge in [-0.15, -0.1) is 0 Å². The number of rotatable bonds is 6. The Morgan fingerprint density at radius 1 is 0.947 bits per heavy atom. The molecule has 0 aromatic heterocycles. The Kier molecular flexibility index (Phi) is 5.17. The fraction of sp³-hybridized carbons (Fsp3) is 0.333. The first-order valence-corrected chi connectivity index (χ1v) is 7.13. The fourth-order valence-electron chi connectivity index (χ4n) is 2.39. The van der Waals surface area contributed by atoms with E-state index in [0.717, 1.165) is 19.4 Å². The molecule has 1 unspecified atom stereocenters. The molecule has 0 aliphatic heterocycles. The van der Waals surface area contributed by atoms with Crippen molar-refractivity contribution < 1.29 is 0 Å². The van der Waals surface area contributed by atoms with Crippen molar-refractivity contribution in [3.05, 3.63) is 71.3 Å². The van der Waals surface area contributed by atoms with Gasteiger partial charge in [-0.2, -0.15) is 0 Å². The minimum Gasteiger partial charge on any atom is -0.310 e. The quantitative estimate of drug-likeness (QED) is 0.810. The first-order chi connectivity index (χ1) is 9.29. The highest BCUT2D eigenvalue weighted by Crippen LogP contribution is 2.19. The molecular formula is C18H23N. The van der Waals surface area contributed by atoms with E-state index in [2.05, 4.69) is 73.8 Å². The van der Waals surface area contributed by atoms with Crippen molar-refractivity contribution in [1.29, 1.82) is 0 Å². The summed E-state index contributed by atoms with van der Waals surface area (Å²) in [7, 11) is 0. The third-order valence-corrected chi connectivity index (χ3v) is 3.49. The maximum atomic E-state index is 3.59. The number of benzene rings is 2. The monoisotopic (exact) mass is 253 g/mol. The summed E-state index contributed by atoms with van der Waals surface area (Å²) in [6.45, 7) is 5.31. The molecule has 0 fully saturated rings. The molecule has 1 nitrogen and oxygen atoms in total. The third-order valence-electron chi connectivity index (χ3n) is 3.49. The zero-order chi connectivity index (χ0) is 13.5. The maximum Gasteiger partial charge on any atom is 0.0323 e. The van der Waals surface area contributed by atoms with Gasteiger partial charge >= 0.3 is 0 Å². The molecule has 19 heavy (non-hydrogen) atoms. The van der Waals surface area contributed by atoms with Crippen LogP contribution in [0, 0.1) is 6.92 Å². The predicted molar refractivity (Wildman–Crippen MR) is 82.4 cm³/mol. The second-order valence-corrected chi connectivity index (χ2v) is 5.05. The Morgan fingerprint density at radius 2 is 1.63 bits per heavy atom. The van der Waals surface area contributed by atoms with Crippen LogP contribution in [0.5, 0.6) is 0 Å². The molecule has 0 spiro atoms. The summed E-state index contributed by atoms with van der Waals surface area (Å²) < 4.78 is 0. The lowest BCUT2D eigenvalue weighted by atomic mass is 9.98. The van der Waals surface area contributed by atoms with Crippen LogP contribution in [0.1, 0.15) is 36.1 Å². The normalized spacial score (nSPS) is 12.3. The van der Waals surface area contributed by atoms with Crippen LogP contribution in [-0.4, -0.2) is 6.54 Å². The van der Waals surface area contributed by atoms with Crippen LogP contribution < -0.4 is 5.32 Å². The Labute approximate surface area is 116 Å². The highest BCUT2D eigenvalue weighted by molar-refractivity contribution is 5.24. The lowest BCUT2D eigenvalue weighted by molar-refractivity contribution is 0.515. The maximum absolute atomic E-state index is 3.59. The van der Waals surface area contributed by atoms with Crippen LogP contribution in [0.25, 0.3) is 0 Å². The van der Waals surface area contributed by atoms with E-state index in [1.54, 1.807) is 0 Å². The molecule has 0 saturated heterocycles. The van der Waals surface area contributed by atoms with Gasteiger partial charge in [0.05, 0.1) is 0 Å². The number of nitrogens with one attached hydrogen (secondary N) is 1. The van der Waals surface area contributed by atoms with Crippen molar-refractivity contribution in [3.63, 3.8) is 0 Å². The van der Waals surface area contributed by atoms with E-state index in [4.69, 9.17) is 0 Å². The minimum absolute atomic E-state index is 0.450. The van der Waals surface area contributed by atoms with Crippen LogP contribution in [0.2, 0.25) is 0 Å². The van der Waals surface area contributed by atoms with Gasteiger partial charge in [-0.05, 0) is 37.4 Å². The van der Waals surface area contributed by atoms with E-state index in [-0.39, 0.29) is 0 Å². The predicted octanol–water partition coefficient (Wildman–Crippen LogP) is 4.28. The van der Waals surface area contributed by atoms with Gasteiger partial charge in [0, 0.05) is 6.04 Å². The Hall–Kier alpha value is -1.60. The third kappa shape index (κ3) is 4.22. The second-order valence-electron chi connectivity index (χ2n) is 5.05. The summed E-state index contributed by atoms with van der Waals surface area (Å²) in [6.07, 6.45) is 2.26. The molecule has 0 amide bonds. The van der Waals surface area contributed by atoms with Gasteiger partial charge < -0.3 is 5.32 Å². The van der Waals surface area contributed by atoms with Crippen molar-refractivity contribution in [1.82, 2.24) is 5.32 Å². The smallest absolute Gasteiger partial charge is 0.0323 e. The first kappa shape index (κ1) is 13.8. The van der Waals surface area contributed by atoms with Crippen LogP contribution in [0.4, 0.5) is 0 Å². The molecule has 1 atom stereocenters. The lowest BCUT2D eigenvalue weighted by Crippen LogP contribution is -2.21. The molecule has 2 aromatic rings. The van der Waals surface area contributed by atoms with Crippen molar-refractivity contribution in [2.45, 2.75) is 32.7 Å². The molecule has 1 heteroatoms. The van der Waals surface area contributed by atoms with Gasteiger partial charge in [-0.3, -0.25) is 0 Å². The zero-order valence-corrected chi connectivity index (χ0v) is 11.9. The van der Waals surface area contributed by atoms with Crippen LogP contribution in [-0.2, 0) is 6.42 Å². The molecule has 0 saturated carbocycles. The molecule has 1 N–H and O–H groups in total. The first-order valence-electron chi connectivity index (χ1n) is 7.13. The SMILES string of the molecule is CCNC(CCc1ccccc1)c1ccc(C)cc1. The van der Waals surface area contributed by atoms with Gasteiger partial charge in [-0.25, -0.2) is 0 Å². The number of hydrogen-bond acceptors (Lipinski definition) is 1. The Balaban J connectivity index is 2.02. The highest BCUT2D eigenvalue weighted by Gasteiger charge is 2.09. The average molecular weight is 253 g/mol. The molecule has 2 aromatic carbocycles. The van der Waals surface area contributed by atoms with Crippen molar-refractivity contribution in [2.24, 2.45) is 0 Å². The summed E-state index contributed by atoms with van der Waals surface area (Å²) in [5.74, 6) is 0. The molecule has 0 bridgehead atoms. The topological polar surface area (TPSA) is 12.0 Å². The zero-order valence-electron chi connectivity index (χ0n) is 11.9. The standard InChI is InChI=1S/C18H23N/c1-3-19-18(17-12-9-15(2)10-13-17)14-11-16-7-5-4-6-8-16/h4-10,12-13,18-19H,3,11,14H2,1-2H3. The molecule has 0 aliphatic rings. The average Bonchev–Trinajstić information content (AvgIpc) is 2.46. The lowest BCUT2D eigenvalue weighted by Gasteiger charge is -2.18. The van der Waals surface area contributed by atoms with Crippen LogP contribution in [0.15, 0.2) is 54.6 Å². The highest BCUT2D eigenvalue weighted by atomic mass is 14.9. The van der Waals surface area contributed by atoms with E-state index in [9.17, 15) is 0 Å². The van der Waals surface area contributed by atoms with Gasteiger partial charge in [0.25, 0.3) is 0 Å². The fourth-order valence-corrected chi connectivity index (χ4v) is 2.39. The molecule has 2 rings (SSSR count). The van der Waals surface area contributed by atoms with E-state index in [1.807, 2.05) is 0 Å². The molecule has 0 radical (unpaired) electrons. The van der Waals surface area contributed by atoms with Gasteiger partial charge in [0.2, 0.25) is 0 Å². The van der Waals surface area contributed by atoms with Gasteiger partial charge in [0.15, 0.2) is 0 Å². The Morgan fingerprint density at radius 3 is 2.26 bits per heavy atom. The van der Waals surface area contributed by atoms with E-state index in [0.29, 0.717) is 6.04 Å². The van der Waals surface area contributed by atoms with Crippen molar-refractivity contribution in [3.8, 4) is 0 Å². The summed E-state index contributed by atoms with van der Waals surface area (Å²) in [4.78, 5) is 0. The Bertz CT molecular complexity index is 473. The van der Waals surface area contributed by atoms with Crippen LogP contribution >= 0.6 is 0 Å². The summed E-state index contributed by atoms with van der Waals surface area (Å²) >= 11 is 0. The van der Waals surface area contributed by atoms with E-state index in [1.165, 1.54) is 16.7 Å². The van der Waals surface area contributed by atoms with Gasteiger partial charge in [0.1, 0.15) is 0 Å². The summed E-state index contributed by atoms with van der Waals surface area (Å²) in [5.41, 5.74) is 4.13. The van der Waals surface area contributed by atoms with Crippen molar-refractivity contribution in [2.75, 3.05) is 6.54 Å². The minimum atomic E-state index is 0.450. The molecule has 0 heterocycles. The number of hydrogen-bond donors (Lipinski definition) is 1. The van der Waals surface area contributed by atoms with Gasteiger partial charge in [-0.1, -0.05) is 67.1 Å². The molecule has 100 valence electrons. The second kappa shape index (κ2) is 7.10. The molecule has 0 aliphatic carbocycles. The summed E-state index contributed by atoms with van der Waals surface area (Å²) in [6, 6.07) is 20.0. The van der Waals surface area contributed by atoms with Crippen LogP contribution in [0.3, 0.4) is 0 Å².